The zero-order valence-corrected chi connectivity index (χ0v) is 18.3. The summed E-state index contributed by atoms with van der Waals surface area (Å²) < 4.78 is 33.7. The van der Waals surface area contributed by atoms with Crippen molar-refractivity contribution in [2.24, 2.45) is 0 Å². The van der Waals surface area contributed by atoms with E-state index in [-0.39, 0.29) is 36.6 Å². The predicted molar refractivity (Wildman–Crippen MR) is 109 cm³/mol. The molecule has 0 aliphatic carbocycles. The molecule has 2 heterocycles. The SMILES string of the molecule is CC(C)(C)OC(=O)N1CCN(S(=O)(=O)c2c[nH]c(=O)c3ccc(Br)cc23)CC1. The Morgan fingerprint density at radius 2 is 1.79 bits per heavy atom. The summed E-state index contributed by atoms with van der Waals surface area (Å²) in [4.78, 5) is 28.3. The minimum atomic E-state index is -3.84. The van der Waals surface area contributed by atoms with Gasteiger partial charge in [0, 0.05) is 47.6 Å². The zero-order valence-electron chi connectivity index (χ0n) is 15.9. The summed E-state index contributed by atoms with van der Waals surface area (Å²) in [5.74, 6) is 0. The number of H-pyrrole nitrogens is 1. The van der Waals surface area contributed by atoms with E-state index in [4.69, 9.17) is 4.74 Å². The van der Waals surface area contributed by atoms with Crippen LogP contribution < -0.4 is 5.56 Å². The number of sulfonamides is 1. The van der Waals surface area contributed by atoms with Gasteiger partial charge in [0.15, 0.2) is 0 Å². The molecule has 8 nitrogen and oxygen atoms in total. The van der Waals surface area contributed by atoms with Gasteiger partial charge in [-0.3, -0.25) is 4.79 Å². The van der Waals surface area contributed by atoms with E-state index < -0.39 is 21.7 Å². The molecule has 152 valence electrons. The van der Waals surface area contributed by atoms with Crippen LogP contribution in [0.4, 0.5) is 4.79 Å². The monoisotopic (exact) mass is 471 g/mol. The molecule has 28 heavy (non-hydrogen) atoms. The predicted octanol–water partition coefficient (Wildman–Crippen LogP) is 2.53. The molecule has 0 bridgehead atoms. The number of aromatic nitrogens is 1. The van der Waals surface area contributed by atoms with Gasteiger partial charge in [-0.05, 0) is 39.0 Å². The number of benzene rings is 1. The van der Waals surface area contributed by atoms with Gasteiger partial charge in [-0.2, -0.15) is 4.31 Å². The molecular formula is C18H22BrN3O5S. The van der Waals surface area contributed by atoms with Gasteiger partial charge in [-0.1, -0.05) is 15.9 Å². The first kappa shape index (κ1) is 20.8. The number of pyridine rings is 1. The fourth-order valence-corrected chi connectivity index (χ4v) is 4.93. The van der Waals surface area contributed by atoms with Crippen molar-refractivity contribution in [1.29, 1.82) is 0 Å². The molecule has 3 rings (SSSR count). The highest BCUT2D eigenvalue weighted by Gasteiger charge is 2.33. The molecular weight excluding hydrogens is 450 g/mol. The van der Waals surface area contributed by atoms with Crippen molar-refractivity contribution >= 4 is 42.8 Å². The molecule has 1 aliphatic rings. The number of hydrogen-bond acceptors (Lipinski definition) is 5. The molecule has 1 aliphatic heterocycles. The number of nitrogens with zero attached hydrogens (tertiary/aromatic N) is 2. The summed E-state index contributed by atoms with van der Waals surface area (Å²) in [6, 6.07) is 4.89. The van der Waals surface area contributed by atoms with Crippen molar-refractivity contribution < 1.29 is 17.9 Å². The van der Waals surface area contributed by atoms with Crippen LogP contribution in [0.1, 0.15) is 20.8 Å². The maximum absolute atomic E-state index is 13.2. The molecule has 1 amide bonds. The Morgan fingerprint density at radius 1 is 1.14 bits per heavy atom. The number of piperazine rings is 1. The summed E-state index contributed by atoms with van der Waals surface area (Å²) in [5.41, 5.74) is -0.959. The first-order valence-electron chi connectivity index (χ1n) is 8.78. The largest absolute Gasteiger partial charge is 0.444 e. The van der Waals surface area contributed by atoms with Crippen LogP contribution in [-0.2, 0) is 14.8 Å². The molecule has 1 fully saturated rings. The number of fused-ring (bicyclic) bond motifs is 1. The van der Waals surface area contributed by atoms with Crippen molar-refractivity contribution in [1.82, 2.24) is 14.2 Å². The van der Waals surface area contributed by atoms with Crippen molar-refractivity contribution in [3.63, 3.8) is 0 Å². The molecule has 2 aromatic rings. The molecule has 0 atom stereocenters. The third kappa shape index (κ3) is 4.23. The number of hydrogen-bond donors (Lipinski definition) is 1. The normalized spacial score (nSPS) is 16.4. The fourth-order valence-electron chi connectivity index (χ4n) is 2.99. The third-order valence-corrected chi connectivity index (χ3v) is 6.77. The number of amides is 1. The molecule has 10 heteroatoms. The molecule has 1 aromatic carbocycles. The van der Waals surface area contributed by atoms with Gasteiger partial charge in [-0.25, -0.2) is 13.2 Å². The Balaban J connectivity index is 1.85. The fraction of sp³-hybridized carbons (Fsp3) is 0.444. The number of carbonyl (C=O) groups is 1. The van der Waals surface area contributed by atoms with Gasteiger partial charge >= 0.3 is 6.09 Å². The molecule has 0 unspecified atom stereocenters. The Labute approximate surface area is 171 Å². The molecule has 1 saturated heterocycles. The number of nitrogens with one attached hydrogen (secondary N) is 1. The topological polar surface area (TPSA) is 99.8 Å². The lowest BCUT2D eigenvalue weighted by atomic mass is 10.2. The van der Waals surface area contributed by atoms with Gasteiger partial charge in [-0.15, -0.1) is 0 Å². The van der Waals surface area contributed by atoms with E-state index >= 15 is 0 Å². The van der Waals surface area contributed by atoms with Gasteiger partial charge in [0.25, 0.3) is 5.56 Å². The van der Waals surface area contributed by atoms with Crippen LogP contribution in [0.2, 0.25) is 0 Å². The molecule has 0 spiro atoms. The van der Waals surface area contributed by atoms with Crippen LogP contribution >= 0.6 is 15.9 Å². The van der Waals surface area contributed by atoms with Gasteiger partial charge in [0.2, 0.25) is 10.0 Å². The van der Waals surface area contributed by atoms with Gasteiger partial charge < -0.3 is 14.6 Å². The highest BCUT2D eigenvalue weighted by molar-refractivity contribution is 9.10. The number of ether oxygens (including phenoxy) is 1. The van der Waals surface area contributed by atoms with Crippen molar-refractivity contribution in [3.8, 4) is 0 Å². The second-order valence-corrected chi connectivity index (χ2v) is 10.4. The summed E-state index contributed by atoms with van der Waals surface area (Å²) in [6.45, 7) is 6.12. The highest BCUT2D eigenvalue weighted by Crippen LogP contribution is 2.26. The van der Waals surface area contributed by atoms with E-state index in [9.17, 15) is 18.0 Å². The molecule has 0 radical (unpaired) electrons. The van der Waals surface area contributed by atoms with E-state index in [1.54, 1.807) is 39.0 Å². The summed E-state index contributed by atoms with van der Waals surface area (Å²) in [5, 5.41) is 0.657. The minimum absolute atomic E-state index is 0.0362. The smallest absolute Gasteiger partial charge is 0.410 e. The molecule has 0 saturated carbocycles. The molecule has 1 aromatic heterocycles. The highest BCUT2D eigenvalue weighted by atomic mass is 79.9. The van der Waals surface area contributed by atoms with E-state index in [0.29, 0.717) is 15.2 Å². The minimum Gasteiger partial charge on any atom is -0.444 e. The van der Waals surface area contributed by atoms with Crippen molar-refractivity contribution in [3.05, 3.63) is 39.2 Å². The lowest BCUT2D eigenvalue weighted by Crippen LogP contribution is -2.51. The Hall–Kier alpha value is -1.91. The third-order valence-electron chi connectivity index (χ3n) is 4.33. The van der Waals surface area contributed by atoms with Crippen LogP contribution in [-0.4, -0.2) is 60.5 Å². The zero-order chi connectivity index (χ0) is 20.7. The lowest BCUT2D eigenvalue weighted by molar-refractivity contribution is 0.0192. The number of aromatic amines is 1. The van der Waals surface area contributed by atoms with Gasteiger partial charge in [0.05, 0.1) is 0 Å². The first-order chi connectivity index (χ1) is 13.0. The first-order valence-corrected chi connectivity index (χ1v) is 11.0. The average molecular weight is 472 g/mol. The van der Waals surface area contributed by atoms with Crippen LogP contribution in [0.15, 0.2) is 38.6 Å². The van der Waals surface area contributed by atoms with E-state index in [1.165, 1.54) is 15.4 Å². The Kier molecular flexibility index (Phi) is 5.57. The number of rotatable bonds is 2. The summed E-state index contributed by atoms with van der Waals surface area (Å²) >= 11 is 3.32. The summed E-state index contributed by atoms with van der Waals surface area (Å²) in [6.07, 6.45) is 0.773. The summed E-state index contributed by atoms with van der Waals surface area (Å²) in [7, 11) is -3.84. The van der Waals surface area contributed by atoms with Crippen LogP contribution in [0.3, 0.4) is 0 Å². The van der Waals surface area contributed by atoms with Crippen molar-refractivity contribution in [2.75, 3.05) is 26.2 Å². The quantitative estimate of drug-likeness (QED) is 0.724. The Bertz CT molecular complexity index is 1070. The van der Waals surface area contributed by atoms with E-state index in [0.717, 1.165) is 0 Å². The standard InChI is InChI=1S/C18H22BrN3O5S/c1-18(2,3)27-17(24)21-6-8-22(9-7-21)28(25,26)15-11-20-16(23)13-5-4-12(19)10-14(13)15/h4-5,10-11H,6-9H2,1-3H3,(H,20,23). The second kappa shape index (κ2) is 7.49. The van der Waals surface area contributed by atoms with Crippen molar-refractivity contribution in [2.45, 2.75) is 31.3 Å². The second-order valence-electron chi connectivity index (χ2n) is 7.54. The van der Waals surface area contributed by atoms with Gasteiger partial charge in [0.1, 0.15) is 10.5 Å². The van der Waals surface area contributed by atoms with Crippen LogP contribution in [0.5, 0.6) is 0 Å². The average Bonchev–Trinajstić information content (AvgIpc) is 2.60. The molecule has 1 N–H and O–H groups in total. The van der Waals surface area contributed by atoms with E-state index in [1.807, 2.05) is 0 Å². The van der Waals surface area contributed by atoms with Crippen LogP contribution in [0.25, 0.3) is 10.8 Å². The van der Waals surface area contributed by atoms with E-state index in [2.05, 4.69) is 20.9 Å². The maximum Gasteiger partial charge on any atom is 0.410 e. The maximum atomic E-state index is 13.2. The lowest BCUT2D eigenvalue weighted by Gasteiger charge is -2.35. The number of carbonyl (C=O) groups excluding carboxylic acids is 1. The Morgan fingerprint density at radius 3 is 2.39 bits per heavy atom. The van der Waals surface area contributed by atoms with Crippen LogP contribution in [0, 0.1) is 0 Å². The number of halogens is 1.